The summed E-state index contributed by atoms with van der Waals surface area (Å²) in [7, 11) is 0. The highest BCUT2D eigenvalue weighted by atomic mass is 79.9. The Morgan fingerprint density at radius 3 is 2.31 bits per heavy atom. The fraction of sp³-hybridized carbons (Fsp3) is 0.143. The number of carbonyl (C=O) groups is 1. The molecule has 0 aliphatic heterocycles. The van der Waals surface area contributed by atoms with Crippen LogP contribution in [0.25, 0.3) is 0 Å². The minimum absolute atomic E-state index is 0.139. The predicted octanol–water partition coefficient (Wildman–Crippen LogP) is 3.94. The number of carbonyl (C=O) groups excluding carboxylic acids is 1. The zero-order valence-electron chi connectivity index (χ0n) is 12.5. The molecular formula is C14H8Br2F3N3O4. The first-order valence-electron chi connectivity index (χ1n) is 6.70. The maximum Gasteiger partial charge on any atom is 0.417 e. The molecule has 2 aromatic rings. The highest BCUT2D eigenvalue weighted by Gasteiger charge is 2.31. The molecule has 0 spiro atoms. The number of nitrogens with zero attached hydrogens (tertiary/aromatic N) is 2. The lowest BCUT2D eigenvalue weighted by atomic mass is 10.2. The van der Waals surface area contributed by atoms with Crippen LogP contribution in [-0.2, 0) is 17.5 Å². The van der Waals surface area contributed by atoms with E-state index >= 15 is 0 Å². The van der Waals surface area contributed by atoms with Gasteiger partial charge in [0.1, 0.15) is 6.54 Å². The lowest BCUT2D eigenvalue weighted by Gasteiger charge is -2.12. The van der Waals surface area contributed by atoms with Crippen molar-refractivity contribution in [3.63, 3.8) is 0 Å². The molecule has 0 bridgehead atoms. The largest absolute Gasteiger partial charge is 0.417 e. The van der Waals surface area contributed by atoms with Gasteiger partial charge < -0.3 is 9.88 Å². The van der Waals surface area contributed by atoms with Gasteiger partial charge in [-0.15, -0.1) is 0 Å². The third kappa shape index (κ3) is 4.69. The second-order valence-electron chi connectivity index (χ2n) is 4.97. The van der Waals surface area contributed by atoms with Crippen molar-refractivity contribution < 1.29 is 22.9 Å². The van der Waals surface area contributed by atoms with E-state index in [1.807, 2.05) is 0 Å². The fourth-order valence-corrected chi connectivity index (χ4v) is 3.30. The van der Waals surface area contributed by atoms with Crippen LogP contribution >= 0.6 is 31.9 Å². The molecule has 0 aliphatic rings. The number of anilines is 1. The van der Waals surface area contributed by atoms with E-state index in [-0.39, 0.29) is 20.3 Å². The van der Waals surface area contributed by atoms with E-state index in [4.69, 9.17) is 0 Å². The van der Waals surface area contributed by atoms with Gasteiger partial charge in [0.15, 0.2) is 0 Å². The van der Waals surface area contributed by atoms with Gasteiger partial charge in [0, 0.05) is 33.3 Å². The Hall–Kier alpha value is -2.21. The van der Waals surface area contributed by atoms with Gasteiger partial charge in [-0.3, -0.25) is 19.7 Å². The van der Waals surface area contributed by atoms with Crippen molar-refractivity contribution in [1.82, 2.24) is 4.57 Å². The van der Waals surface area contributed by atoms with E-state index in [2.05, 4.69) is 37.2 Å². The maximum absolute atomic E-state index is 12.7. The molecule has 138 valence electrons. The summed E-state index contributed by atoms with van der Waals surface area (Å²) >= 11 is 6.13. The van der Waals surface area contributed by atoms with Crippen molar-refractivity contribution >= 4 is 49.1 Å². The summed E-state index contributed by atoms with van der Waals surface area (Å²) in [6, 6.07) is 3.64. The summed E-state index contributed by atoms with van der Waals surface area (Å²) in [5.41, 5.74) is -1.95. The molecule has 12 heteroatoms. The Balaban J connectivity index is 2.25. The van der Waals surface area contributed by atoms with Crippen molar-refractivity contribution in [2.24, 2.45) is 0 Å². The lowest BCUT2D eigenvalue weighted by Crippen LogP contribution is -2.28. The molecule has 1 N–H and O–H groups in total. The monoisotopic (exact) mass is 497 g/mol. The molecule has 2 rings (SSSR count). The van der Waals surface area contributed by atoms with Crippen LogP contribution in [0.15, 0.2) is 44.2 Å². The lowest BCUT2D eigenvalue weighted by molar-refractivity contribution is -0.385. The smallest absolute Gasteiger partial charge is 0.323 e. The number of aromatic nitrogens is 1. The topological polar surface area (TPSA) is 94.2 Å². The first kappa shape index (κ1) is 20.1. The van der Waals surface area contributed by atoms with E-state index in [9.17, 15) is 32.9 Å². The molecule has 0 atom stereocenters. The molecule has 1 aromatic carbocycles. The second kappa shape index (κ2) is 7.58. The standard InChI is InChI=1S/C14H8Br2F3N3O4/c15-9-3-8(22(25)26)4-10(16)13(9)20-11(23)6-21-5-7(14(17,18)19)1-2-12(21)24/h1-5H,6H2,(H,20,23). The SMILES string of the molecule is O=C(Cn1cc(C(F)(F)F)ccc1=O)Nc1c(Br)cc([N+](=O)[O-])cc1Br. The van der Waals surface area contributed by atoms with Crippen LogP contribution in [0.3, 0.4) is 0 Å². The van der Waals surface area contributed by atoms with Crippen molar-refractivity contribution in [2.75, 3.05) is 5.32 Å². The minimum Gasteiger partial charge on any atom is -0.323 e. The average molecular weight is 499 g/mol. The molecule has 7 nitrogen and oxygen atoms in total. The summed E-state index contributed by atoms with van der Waals surface area (Å²) in [5, 5.41) is 13.2. The average Bonchev–Trinajstić information content (AvgIpc) is 2.51. The molecule has 0 saturated carbocycles. The van der Waals surface area contributed by atoms with Crippen LogP contribution < -0.4 is 10.9 Å². The van der Waals surface area contributed by atoms with Gasteiger partial charge in [-0.2, -0.15) is 13.2 Å². The molecule has 0 unspecified atom stereocenters. The van der Waals surface area contributed by atoms with Gasteiger partial charge in [-0.25, -0.2) is 0 Å². The first-order valence-corrected chi connectivity index (χ1v) is 8.28. The zero-order chi connectivity index (χ0) is 19.6. The highest BCUT2D eigenvalue weighted by Crippen LogP contribution is 2.35. The van der Waals surface area contributed by atoms with Crippen LogP contribution in [0.2, 0.25) is 0 Å². The summed E-state index contributed by atoms with van der Waals surface area (Å²) in [6.07, 6.45) is -4.11. The Bertz CT molecular complexity index is 921. The third-order valence-corrected chi connectivity index (χ3v) is 4.38. The molecule has 1 heterocycles. The number of alkyl halides is 3. The van der Waals surface area contributed by atoms with Gasteiger partial charge in [0.05, 0.1) is 16.2 Å². The van der Waals surface area contributed by atoms with Gasteiger partial charge in [0.25, 0.3) is 11.2 Å². The number of non-ortho nitro benzene ring substituents is 1. The highest BCUT2D eigenvalue weighted by molar-refractivity contribution is 9.11. The minimum atomic E-state index is -4.66. The van der Waals surface area contributed by atoms with Crippen molar-refractivity contribution in [2.45, 2.75) is 12.7 Å². The Kier molecular flexibility index (Phi) is 5.86. The Morgan fingerprint density at radius 2 is 1.81 bits per heavy atom. The predicted molar refractivity (Wildman–Crippen MR) is 92.8 cm³/mol. The number of benzene rings is 1. The number of nitro benzene ring substituents is 1. The first-order chi connectivity index (χ1) is 12.0. The van der Waals surface area contributed by atoms with Gasteiger partial charge in [0.2, 0.25) is 5.91 Å². The summed E-state index contributed by atoms with van der Waals surface area (Å²) < 4.78 is 39.1. The number of amides is 1. The van der Waals surface area contributed by atoms with E-state index in [1.54, 1.807) is 0 Å². The molecule has 1 amide bonds. The molecule has 0 saturated heterocycles. The van der Waals surface area contributed by atoms with Crippen LogP contribution in [0.1, 0.15) is 5.56 Å². The van der Waals surface area contributed by atoms with E-state index in [1.165, 1.54) is 0 Å². The second-order valence-corrected chi connectivity index (χ2v) is 6.68. The quantitative estimate of drug-likeness (QED) is 0.510. The number of halogens is 5. The number of pyridine rings is 1. The van der Waals surface area contributed by atoms with Crippen molar-refractivity contribution in [3.8, 4) is 0 Å². The summed E-state index contributed by atoms with van der Waals surface area (Å²) in [4.78, 5) is 33.9. The maximum atomic E-state index is 12.7. The van der Waals surface area contributed by atoms with E-state index in [0.29, 0.717) is 22.9 Å². The van der Waals surface area contributed by atoms with E-state index in [0.717, 1.165) is 12.1 Å². The number of nitrogens with one attached hydrogen (secondary N) is 1. The molecule has 1 aromatic heterocycles. The number of nitro groups is 1. The zero-order valence-corrected chi connectivity index (χ0v) is 15.7. The van der Waals surface area contributed by atoms with Crippen LogP contribution in [0.5, 0.6) is 0 Å². The number of hydrogen-bond acceptors (Lipinski definition) is 4. The third-order valence-electron chi connectivity index (χ3n) is 3.13. The van der Waals surface area contributed by atoms with Crippen LogP contribution in [0.4, 0.5) is 24.5 Å². The van der Waals surface area contributed by atoms with Gasteiger partial charge >= 0.3 is 6.18 Å². The van der Waals surface area contributed by atoms with Crippen LogP contribution in [0, 0.1) is 10.1 Å². The van der Waals surface area contributed by atoms with E-state index < -0.39 is 34.7 Å². The molecule has 26 heavy (non-hydrogen) atoms. The van der Waals surface area contributed by atoms with Gasteiger partial charge in [-0.05, 0) is 37.9 Å². The van der Waals surface area contributed by atoms with Crippen molar-refractivity contribution in [3.05, 3.63) is 65.4 Å². The van der Waals surface area contributed by atoms with Gasteiger partial charge in [-0.1, -0.05) is 0 Å². The summed E-state index contributed by atoms with van der Waals surface area (Å²) in [6.45, 7) is -0.668. The van der Waals surface area contributed by atoms with Crippen LogP contribution in [-0.4, -0.2) is 15.4 Å². The number of rotatable bonds is 4. The molecule has 0 fully saturated rings. The normalized spacial score (nSPS) is 11.3. The Morgan fingerprint density at radius 1 is 1.23 bits per heavy atom. The fourth-order valence-electron chi connectivity index (χ4n) is 1.94. The molecule has 0 aliphatic carbocycles. The number of hydrogen-bond donors (Lipinski definition) is 1. The molecular weight excluding hydrogens is 491 g/mol. The Labute approximate surface area is 160 Å². The molecule has 0 radical (unpaired) electrons. The summed E-state index contributed by atoms with van der Waals surface area (Å²) in [5.74, 6) is -0.790. The van der Waals surface area contributed by atoms with Crippen molar-refractivity contribution in [1.29, 1.82) is 0 Å².